The number of amides is 1. The van der Waals surface area contributed by atoms with Crippen molar-refractivity contribution >= 4 is 41.8 Å². The highest BCUT2D eigenvalue weighted by Crippen LogP contribution is 2.23. The topological polar surface area (TPSA) is 196 Å². The van der Waals surface area contributed by atoms with E-state index < -0.39 is 34.8 Å². The van der Waals surface area contributed by atoms with Gasteiger partial charge in [-0.05, 0) is 52.4 Å². The van der Waals surface area contributed by atoms with Crippen molar-refractivity contribution < 1.29 is 62.0 Å². The number of rotatable bonds is 43. The number of imidazole rings is 1. The Labute approximate surface area is 420 Å². The zero-order valence-corrected chi connectivity index (χ0v) is 44.1. The Kier molecular flexibility index (Phi) is 36.1. The lowest BCUT2D eigenvalue weighted by Gasteiger charge is -2.28. The zero-order chi connectivity index (χ0) is 51.7. The molecule has 0 aromatic carbocycles. The van der Waals surface area contributed by atoms with Crippen molar-refractivity contribution in [2.24, 2.45) is 10.8 Å². The lowest BCUT2D eigenvalue weighted by atomic mass is 9.94. The molecule has 0 aliphatic rings. The SMILES string of the molecule is CCCC/C=C/CC(=O)OCC(C)(COC(=O)CCCCCCC)COC(=O)CCCN(CCCC(=O)OCC(C)(COC(=O)CCCCCCC)COC(=O)CCCCCCC)C(=O)n1ccnc1. The van der Waals surface area contributed by atoms with Crippen molar-refractivity contribution in [3.05, 3.63) is 30.9 Å². The molecule has 0 saturated carbocycles. The van der Waals surface area contributed by atoms with Crippen LogP contribution in [-0.2, 0) is 57.2 Å². The predicted molar refractivity (Wildman–Crippen MR) is 268 cm³/mol. The normalized spacial score (nSPS) is 12.3. The van der Waals surface area contributed by atoms with Gasteiger partial charge in [-0.15, -0.1) is 0 Å². The van der Waals surface area contributed by atoms with Crippen molar-refractivity contribution in [2.75, 3.05) is 52.7 Å². The largest absolute Gasteiger partial charge is 0.465 e. The van der Waals surface area contributed by atoms with Crippen LogP contribution in [0.5, 0.6) is 0 Å². The summed E-state index contributed by atoms with van der Waals surface area (Å²) in [4.78, 5) is 95.6. The van der Waals surface area contributed by atoms with Crippen LogP contribution in [-0.4, -0.2) is 109 Å². The van der Waals surface area contributed by atoms with Crippen LogP contribution in [0.2, 0.25) is 0 Å². The maximum Gasteiger partial charge on any atom is 0.329 e. The molecule has 1 atom stereocenters. The third kappa shape index (κ3) is 32.9. The first-order valence-corrected chi connectivity index (χ1v) is 26.6. The number of carbonyl (C=O) groups is 7. The van der Waals surface area contributed by atoms with E-state index >= 15 is 0 Å². The molecule has 1 unspecified atom stereocenters. The van der Waals surface area contributed by atoms with Crippen molar-refractivity contribution in [1.82, 2.24) is 14.5 Å². The Morgan fingerprint density at radius 1 is 0.457 bits per heavy atom. The van der Waals surface area contributed by atoms with Gasteiger partial charge in [0.1, 0.15) is 46.0 Å². The smallest absolute Gasteiger partial charge is 0.329 e. The summed E-state index contributed by atoms with van der Waals surface area (Å²) in [5, 5.41) is 0. The molecule has 0 spiro atoms. The Morgan fingerprint density at radius 2 is 0.800 bits per heavy atom. The number of ether oxygens (including phenoxy) is 6. The van der Waals surface area contributed by atoms with Crippen LogP contribution in [0.4, 0.5) is 4.79 Å². The van der Waals surface area contributed by atoms with E-state index in [1.165, 1.54) is 28.2 Å². The lowest BCUT2D eigenvalue weighted by molar-refractivity contribution is -0.163. The van der Waals surface area contributed by atoms with Gasteiger partial charge >= 0.3 is 41.8 Å². The summed E-state index contributed by atoms with van der Waals surface area (Å²) in [6, 6.07) is -0.395. The number of carbonyl (C=O) groups excluding carboxylic acids is 7. The fourth-order valence-corrected chi connectivity index (χ4v) is 7.10. The Balaban J connectivity index is 2.86. The first kappa shape index (κ1) is 63.3. The predicted octanol–water partition coefficient (Wildman–Crippen LogP) is 11.2. The molecular weight excluding hydrogens is 899 g/mol. The minimum atomic E-state index is -0.999. The molecule has 1 aromatic rings. The number of allylic oxidation sites excluding steroid dienone is 1. The summed E-state index contributed by atoms with van der Waals surface area (Å²) >= 11 is 0. The van der Waals surface area contributed by atoms with Crippen molar-refractivity contribution in [3.63, 3.8) is 0 Å². The van der Waals surface area contributed by atoms with Gasteiger partial charge in [0.25, 0.3) is 0 Å². The van der Waals surface area contributed by atoms with Gasteiger partial charge in [-0.25, -0.2) is 9.78 Å². The highest BCUT2D eigenvalue weighted by atomic mass is 16.6. The molecule has 400 valence electrons. The average Bonchev–Trinajstić information content (AvgIpc) is 3.90. The number of hydrogen-bond acceptors (Lipinski definition) is 14. The molecule has 16 nitrogen and oxygen atoms in total. The summed E-state index contributed by atoms with van der Waals surface area (Å²) in [5.41, 5.74) is -1.98. The van der Waals surface area contributed by atoms with Crippen LogP contribution in [0.3, 0.4) is 0 Å². The van der Waals surface area contributed by atoms with E-state index in [1.54, 1.807) is 19.9 Å². The van der Waals surface area contributed by atoms with Crippen molar-refractivity contribution in [3.8, 4) is 0 Å². The van der Waals surface area contributed by atoms with Crippen LogP contribution in [0, 0.1) is 10.8 Å². The minimum Gasteiger partial charge on any atom is -0.465 e. The van der Waals surface area contributed by atoms with E-state index in [1.807, 2.05) is 6.08 Å². The summed E-state index contributed by atoms with van der Waals surface area (Å²) in [7, 11) is 0. The molecule has 0 bridgehead atoms. The number of hydrogen-bond donors (Lipinski definition) is 0. The summed E-state index contributed by atoms with van der Waals surface area (Å²) in [5.74, 6) is -2.60. The van der Waals surface area contributed by atoms with E-state index in [0.29, 0.717) is 6.42 Å². The Morgan fingerprint density at radius 3 is 1.14 bits per heavy atom. The second-order valence-corrected chi connectivity index (χ2v) is 19.3. The summed E-state index contributed by atoms with van der Waals surface area (Å²) in [6.45, 7) is 11.5. The van der Waals surface area contributed by atoms with E-state index in [9.17, 15) is 33.6 Å². The Hall–Kier alpha value is -4.76. The molecular formula is C54H91N3O13. The summed E-state index contributed by atoms with van der Waals surface area (Å²) < 4.78 is 35.0. The molecule has 70 heavy (non-hydrogen) atoms. The second kappa shape index (κ2) is 39.9. The van der Waals surface area contributed by atoms with Gasteiger partial charge in [0, 0.05) is 57.6 Å². The molecule has 0 aliphatic carbocycles. The number of unbranched alkanes of at least 4 members (excludes halogenated alkanes) is 14. The molecule has 0 aliphatic heterocycles. The highest BCUT2D eigenvalue weighted by molar-refractivity contribution is 5.77. The quantitative estimate of drug-likeness (QED) is 0.0259. The summed E-state index contributed by atoms with van der Waals surface area (Å²) in [6.07, 6.45) is 27.1. The first-order chi connectivity index (χ1) is 33.7. The van der Waals surface area contributed by atoms with E-state index in [-0.39, 0.29) is 122 Å². The molecule has 1 heterocycles. The third-order valence-electron chi connectivity index (χ3n) is 11.7. The zero-order valence-electron chi connectivity index (χ0n) is 44.1. The van der Waals surface area contributed by atoms with Gasteiger partial charge < -0.3 is 33.3 Å². The number of aromatic nitrogens is 2. The molecule has 0 fully saturated rings. The van der Waals surface area contributed by atoms with Crippen LogP contribution in [0.25, 0.3) is 0 Å². The van der Waals surface area contributed by atoms with E-state index in [2.05, 4.69) is 32.7 Å². The van der Waals surface area contributed by atoms with Crippen LogP contribution in [0.15, 0.2) is 30.9 Å². The van der Waals surface area contributed by atoms with Gasteiger partial charge in [-0.3, -0.25) is 33.3 Å². The van der Waals surface area contributed by atoms with Gasteiger partial charge in [0.05, 0.1) is 17.3 Å². The molecule has 1 amide bonds. The fraction of sp³-hybridized carbons (Fsp3) is 0.778. The monoisotopic (exact) mass is 990 g/mol. The maximum atomic E-state index is 13.5. The molecule has 0 radical (unpaired) electrons. The van der Waals surface area contributed by atoms with Gasteiger partial charge in [0.2, 0.25) is 0 Å². The van der Waals surface area contributed by atoms with Gasteiger partial charge in [-0.2, -0.15) is 0 Å². The minimum absolute atomic E-state index is 0.0390. The molecule has 1 rings (SSSR count). The number of esters is 6. The fourth-order valence-electron chi connectivity index (χ4n) is 7.10. The van der Waals surface area contributed by atoms with Gasteiger partial charge in [0.15, 0.2) is 0 Å². The number of nitrogens with zero attached hydrogens (tertiary/aromatic N) is 3. The molecule has 1 aromatic heterocycles. The first-order valence-electron chi connectivity index (χ1n) is 26.6. The van der Waals surface area contributed by atoms with E-state index in [0.717, 1.165) is 109 Å². The lowest BCUT2D eigenvalue weighted by Crippen LogP contribution is -2.38. The Bertz CT molecular complexity index is 1600. The van der Waals surface area contributed by atoms with Crippen LogP contribution >= 0.6 is 0 Å². The van der Waals surface area contributed by atoms with Crippen molar-refractivity contribution in [2.45, 2.75) is 208 Å². The van der Waals surface area contributed by atoms with Crippen LogP contribution < -0.4 is 0 Å². The maximum absolute atomic E-state index is 13.5. The molecule has 0 N–H and O–H groups in total. The average molecular weight is 990 g/mol. The van der Waals surface area contributed by atoms with Gasteiger partial charge in [-0.1, -0.05) is 130 Å². The van der Waals surface area contributed by atoms with E-state index in [4.69, 9.17) is 28.4 Å². The third-order valence-corrected chi connectivity index (χ3v) is 11.7. The molecule has 0 saturated heterocycles. The standard InChI is InChI=1S/C54H91N3O13/c1-7-11-15-19-23-29-46(58)65-39-53(5,40-66-47(59)30-24-20-16-12-8-2)43-69-50(62)33-27-36-56(52(64)57-38-35-55-45-57)37-28-34-51(63)70-44-54(6,41-67-48(60)31-25-21-17-13-9-3)42-68-49(61)32-26-22-18-14-10-4/h19,23,35,38,45H,7-18,20-22,24-34,36-37,39-44H2,1-6H3/b23-19+. The molecule has 16 heteroatoms. The van der Waals surface area contributed by atoms with Crippen molar-refractivity contribution in [1.29, 1.82) is 0 Å². The second-order valence-electron chi connectivity index (χ2n) is 19.3. The van der Waals surface area contributed by atoms with Crippen LogP contribution in [0.1, 0.15) is 208 Å². The highest BCUT2D eigenvalue weighted by Gasteiger charge is 2.32.